The first-order chi connectivity index (χ1) is 6.89. The van der Waals surface area contributed by atoms with Gasteiger partial charge in [-0.15, -0.1) is 0 Å². The Morgan fingerprint density at radius 3 is 2.53 bits per heavy atom. The standard InChI is InChI=1S/C8H5F4N3/c9-4-1-2-5-14-6(8(10,11)12)7(13)15(5)3-4/h1-3H,13H2. The van der Waals surface area contributed by atoms with Crippen molar-refractivity contribution in [3.63, 3.8) is 0 Å². The molecule has 0 saturated heterocycles. The molecule has 7 heteroatoms. The molecule has 15 heavy (non-hydrogen) atoms. The molecule has 2 heterocycles. The fourth-order valence-electron chi connectivity index (χ4n) is 1.25. The summed E-state index contributed by atoms with van der Waals surface area (Å²) in [6.45, 7) is 0. The highest BCUT2D eigenvalue weighted by Crippen LogP contribution is 2.33. The molecule has 0 aliphatic heterocycles. The van der Waals surface area contributed by atoms with E-state index in [1.807, 2.05) is 0 Å². The van der Waals surface area contributed by atoms with Crippen LogP contribution in [0.4, 0.5) is 23.4 Å². The second-order valence-electron chi connectivity index (χ2n) is 2.92. The maximum atomic E-state index is 12.7. The highest BCUT2D eigenvalue weighted by molar-refractivity contribution is 5.53. The average molecular weight is 219 g/mol. The number of hydrogen-bond acceptors (Lipinski definition) is 2. The number of nitrogens with zero attached hydrogens (tertiary/aromatic N) is 2. The predicted molar refractivity (Wildman–Crippen MR) is 44.6 cm³/mol. The molecule has 0 atom stereocenters. The van der Waals surface area contributed by atoms with Gasteiger partial charge in [0.1, 0.15) is 17.3 Å². The molecule has 2 aromatic heterocycles. The molecular weight excluding hydrogens is 214 g/mol. The lowest BCUT2D eigenvalue weighted by molar-refractivity contribution is -0.140. The fourth-order valence-corrected chi connectivity index (χ4v) is 1.25. The van der Waals surface area contributed by atoms with Gasteiger partial charge < -0.3 is 5.73 Å². The van der Waals surface area contributed by atoms with Crippen LogP contribution in [0.1, 0.15) is 5.69 Å². The maximum absolute atomic E-state index is 12.7. The summed E-state index contributed by atoms with van der Waals surface area (Å²) in [6.07, 6.45) is -3.78. The van der Waals surface area contributed by atoms with E-state index in [9.17, 15) is 17.6 Å². The number of aromatic nitrogens is 2. The normalized spacial score (nSPS) is 12.3. The Kier molecular flexibility index (Phi) is 1.85. The first-order valence-corrected chi connectivity index (χ1v) is 3.90. The number of alkyl halides is 3. The summed E-state index contributed by atoms with van der Waals surface area (Å²) < 4.78 is 50.6. The fraction of sp³-hybridized carbons (Fsp3) is 0.125. The molecule has 0 amide bonds. The van der Waals surface area contributed by atoms with Gasteiger partial charge in [0.15, 0.2) is 5.69 Å². The van der Waals surface area contributed by atoms with Crippen molar-refractivity contribution in [1.82, 2.24) is 9.38 Å². The van der Waals surface area contributed by atoms with Crippen LogP contribution in [-0.2, 0) is 6.18 Å². The number of anilines is 1. The van der Waals surface area contributed by atoms with Crippen LogP contribution in [0.3, 0.4) is 0 Å². The summed E-state index contributed by atoms with van der Waals surface area (Å²) in [6, 6.07) is 2.14. The lowest BCUT2D eigenvalue weighted by Crippen LogP contribution is -2.09. The van der Waals surface area contributed by atoms with Crippen LogP contribution in [0.2, 0.25) is 0 Å². The highest BCUT2D eigenvalue weighted by Gasteiger charge is 2.37. The Hall–Kier alpha value is -1.79. The number of nitrogens with two attached hydrogens (primary N) is 1. The molecule has 0 aromatic carbocycles. The van der Waals surface area contributed by atoms with Gasteiger partial charge >= 0.3 is 6.18 Å². The molecule has 0 saturated carbocycles. The van der Waals surface area contributed by atoms with E-state index in [-0.39, 0.29) is 5.65 Å². The molecule has 2 aromatic rings. The SMILES string of the molecule is Nc1c(C(F)(F)F)nc2ccc(F)cn12. The monoisotopic (exact) mass is 219 g/mol. The van der Waals surface area contributed by atoms with Crippen molar-refractivity contribution in [2.45, 2.75) is 6.18 Å². The quantitative estimate of drug-likeness (QED) is 0.689. The number of fused-ring (bicyclic) bond motifs is 1. The van der Waals surface area contributed by atoms with Crippen LogP contribution in [0.15, 0.2) is 18.3 Å². The minimum atomic E-state index is -4.63. The molecule has 0 fully saturated rings. The van der Waals surface area contributed by atoms with E-state index in [1.54, 1.807) is 0 Å². The van der Waals surface area contributed by atoms with E-state index < -0.39 is 23.5 Å². The zero-order chi connectivity index (χ0) is 11.2. The van der Waals surface area contributed by atoms with Gasteiger partial charge in [0.25, 0.3) is 0 Å². The Morgan fingerprint density at radius 2 is 1.93 bits per heavy atom. The van der Waals surface area contributed by atoms with Crippen LogP contribution in [0, 0.1) is 5.82 Å². The highest BCUT2D eigenvalue weighted by atomic mass is 19.4. The number of rotatable bonds is 0. The zero-order valence-electron chi connectivity index (χ0n) is 7.22. The third kappa shape index (κ3) is 1.49. The molecule has 0 spiro atoms. The second kappa shape index (κ2) is 2.85. The summed E-state index contributed by atoms with van der Waals surface area (Å²) in [5.41, 5.74) is 3.97. The van der Waals surface area contributed by atoms with Crippen molar-refractivity contribution in [1.29, 1.82) is 0 Å². The Labute approximate surface area is 81.1 Å². The van der Waals surface area contributed by atoms with Crippen molar-refractivity contribution >= 4 is 11.5 Å². The van der Waals surface area contributed by atoms with Gasteiger partial charge in [0.2, 0.25) is 0 Å². The molecule has 0 unspecified atom stereocenters. The van der Waals surface area contributed by atoms with Gasteiger partial charge in [-0.2, -0.15) is 13.2 Å². The lowest BCUT2D eigenvalue weighted by atomic mass is 10.4. The molecular formula is C8H5F4N3. The first-order valence-electron chi connectivity index (χ1n) is 3.90. The van der Waals surface area contributed by atoms with Crippen LogP contribution >= 0.6 is 0 Å². The van der Waals surface area contributed by atoms with Gasteiger partial charge in [0, 0.05) is 6.20 Å². The number of halogens is 4. The molecule has 3 nitrogen and oxygen atoms in total. The number of imidazole rings is 1. The average Bonchev–Trinajstić information content (AvgIpc) is 2.43. The molecule has 0 bridgehead atoms. The third-order valence-corrected chi connectivity index (χ3v) is 1.89. The van der Waals surface area contributed by atoms with E-state index >= 15 is 0 Å². The summed E-state index contributed by atoms with van der Waals surface area (Å²) in [5.74, 6) is -1.29. The third-order valence-electron chi connectivity index (χ3n) is 1.89. The zero-order valence-corrected chi connectivity index (χ0v) is 7.22. The summed E-state index contributed by atoms with van der Waals surface area (Å²) in [5, 5.41) is 0. The Balaban J connectivity index is 2.76. The molecule has 2 N–H and O–H groups in total. The Morgan fingerprint density at radius 1 is 1.27 bits per heavy atom. The second-order valence-corrected chi connectivity index (χ2v) is 2.92. The molecule has 2 rings (SSSR count). The summed E-state index contributed by atoms with van der Waals surface area (Å²) >= 11 is 0. The molecule has 80 valence electrons. The van der Waals surface area contributed by atoms with Gasteiger partial charge in [-0.25, -0.2) is 9.37 Å². The number of pyridine rings is 1. The van der Waals surface area contributed by atoms with E-state index in [0.717, 1.165) is 22.7 Å². The van der Waals surface area contributed by atoms with Gasteiger partial charge in [-0.1, -0.05) is 0 Å². The summed E-state index contributed by atoms with van der Waals surface area (Å²) in [7, 11) is 0. The maximum Gasteiger partial charge on any atom is 0.437 e. The minimum absolute atomic E-state index is 0.0405. The molecule has 0 aliphatic carbocycles. The van der Waals surface area contributed by atoms with Gasteiger partial charge in [0.05, 0.1) is 0 Å². The Bertz CT molecular complexity index is 514. The van der Waals surface area contributed by atoms with E-state index in [0.29, 0.717) is 0 Å². The molecule has 0 radical (unpaired) electrons. The number of hydrogen-bond donors (Lipinski definition) is 1. The molecule has 0 aliphatic rings. The topological polar surface area (TPSA) is 43.3 Å². The van der Waals surface area contributed by atoms with Crippen LogP contribution in [0.25, 0.3) is 5.65 Å². The van der Waals surface area contributed by atoms with Crippen LogP contribution in [0.5, 0.6) is 0 Å². The summed E-state index contributed by atoms with van der Waals surface area (Å²) in [4.78, 5) is 3.27. The van der Waals surface area contributed by atoms with Gasteiger partial charge in [-0.05, 0) is 12.1 Å². The predicted octanol–water partition coefficient (Wildman–Crippen LogP) is 2.07. The van der Waals surface area contributed by atoms with Gasteiger partial charge in [-0.3, -0.25) is 4.40 Å². The number of nitrogen functional groups attached to an aromatic ring is 1. The van der Waals surface area contributed by atoms with E-state index in [2.05, 4.69) is 4.98 Å². The van der Waals surface area contributed by atoms with Crippen molar-refractivity contribution in [2.24, 2.45) is 0 Å². The first kappa shape index (κ1) is 9.75. The van der Waals surface area contributed by atoms with Crippen molar-refractivity contribution in [3.8, 4) is 0 Å². The van der Waals surface area contributed by atoms with Crippen molar-refractivity contribution in [3.05, 3.63) is 29.8 Å². The van der Waals surface area contributed by atoms with E-state index in [4.69, 9.17) is 5.73 Å². The van der Waals surface area contributed by atoms with E-state index in [1.165, 1.54) is 0 Å². The van der Waals surface area contributed by atoms with Crippen LogP contribution in [-0.4, -0.2) is 9.38 Å². The van der Waals surface area contributed by atoms with Crippen molar-refractivity contribution in [2.75, 3.05) is 5.73 Å². The minimum Gasteiger partial charge on any atom is -0.383 e. The van der Waals surface area contributed by atoms with Crippen molar-refractivity contribution < 1.29 is 17.6 Å². The smallest absolute Gasteiger partial charge is 0.383 e. The van der Waals surface area contributed by atoms with Crippen LogP contribution < -0.4 is 5.73 Å². The largest absolute Gasteiger partial charge is 0.437 e. The lowest BCUT2D eigenvalue weighted by Gasteiger charge is -2.02.